The number of aromatic nitrogens is 3. The molecule has 0 fully saturated rings. The summed E-state index contributed by atoms with van der Waals surface area (Å²) >= 11 is 0. The highest BCUT2D eigenvalue weighted by molar-refractivity contribution is 6.10. The minimum atomic E-state index is -0.546. The van der Waals surface area contributed by atoms with Gasteiger partial charge in [-0.2, -0.15) is 5.10 Å². The van der Waals surface area contributed by atoms with Crippen molar-refractivity contribution >= 4 is 40.0 Å². The van der Waals surface area contributed by atoms with Crippen LogP contribution in [-0.4, -0.2) is 50.4 Å². The molecular weight excluding hydrogens is 492 g/mol. The molecule has 5 rings (SSSR count). The van der Waals surface area contributed by atoms with Gasteiger partial charge in [0.2, 0.25) is 0 Å². The van der Waals surface area contributed by atoms with E-state index in [0.717, 1.165) is 33.3 Å². The van der Waals surface area contributed by atoms with Gasteiger partial charge >= 0.3 is 0 Å². The molecule has 2 aromatic heterocycles. The minimum absolute atomic E-state index is 0.0725. The number of amides is 1. The number of allylic oxidation sites excluding steroid dienone is 1. The Morgan fingerprint density at radius 1 is 1.15 bits per heavy atom. The normalized spacial score (nSPS) is 11.7. The summed E-state index contributed by atoms with van der Waals surface area (Å²) in [7, 11) is 0. The maximum atomic E-state index is 13.3. The lowest BCUT2D eigenvalue weighted by Gasteiger charge is -2.15. The van der Waals surface area contributed by atoms with Crippen LogP contribution in [0.15, 0.2) is 83.1 Å². The van der Waals surface area contributed by atoms with Crippen molar-refractivity contribution in [2.75, 3.05) is 13.2 Å². The zero-order valence-corrected chi connectivity index (χ0v) is 21.7. The van der Waals surface area contributed by atoms with Crippen LogP contribution in [0.1, 0.15) is 28.5 Å². The summed E-state index contributed by atoms with van der Waals surface area (Å²) in [5, 5.41) is 16.1. The van der Waals surface area contributed by atoms with Crippen molar-refractivity contribution in [3.8, 4) is 16.8 Å². The van der Waals surface area contributed by atoms with Gasteiger partial charge in [-0.3, -0.25) is 19.2 Å². The molecule has 0 unspecified atom stereocenters. The molecule has 0 radical (unpaired) electrons. The van der Waals surface area contributed by atoms with E-state index in [0.29, 0.717) is 34.2 Å². The predicted octanol–water partition coefficient (Wildman–Crippen LogP) is 4.21. The Morgan fingerprint density at radius 3 is 2.69 bits per heavy atom. The number of nitrogens with one attached hydrogen (secondary N) is 1. The number of primary amides is 1. The summed E-state index contributed by atoms with van der Waals surface area (Å²) < 4.78 is 1.56. The monoisotopic (exact) mass is 520 g/mol. The molecule has 0 spiro atoms. The van der Waals surface area contributed by atoms with E-state index in [2.05, 4.69) is 21.8 Å². The van der Waals surface area contributed by atoms with Gasteiger partial charge in [-0.25, -0.2) is 4.98 Å². The van der Waals surface area contributed by atoms with E-state index in [1.165, 1.54) is 0 Å². The third-order valence-corrected chi connectivity index (χ3v) is 6.86. The third-order valence-electron chi connectivity index (χ3n) is 6.86. The lowest BCUT2D eigenvalue weighted by atomic mass is 9.94. The largest absolute Gasteiger partial charge is 0.394 e. The molecule has 39 heavy (non-hydrogen) atoms. The van der Waals surface area contributed by atoms with Gasteiger partial charge in [-0.15, -0.1) is 0 Å². The molecule has 5 aromatic rings. The van der Waals surface area contributed by atoms with Gasteiger partial charge in [0.1, 0.15) is 6.33 Å². The molecule has 196 valence electrons. The maximum Gasteiger partial charge on any atom is 0.265 e. The Balaban J connectivity index is 1.69. The Bertz CT molecular complexity index is 1830. The van der Waals surface area contributed by atoms with Crippen molar-refractivity contribution in [2.45, 2.75) is 13.8 Å². The second-order valence-electron chi connectivity index (χ2n) is 9.22. The fraction of sp³-hybridized carbons (Fsp3) is 0.133. The second-order valence-corrected chi connectivity index (χ2v) is 9.22. The van der Waals surface area contributed by atoms with Crippen molar-refractivity contribution in [3.05, 3.63) is 100 Å². The first-order valence-corrected chi connectivity index (χ1v) is 12.4. The average Bonchev–Trinajstić information content (AvgIpc) is 3.39. The summed E-state index contributed by atoms with van der Waals surface area (Å²) in [6.07, 6.45) is 3.32. The van der Waals surface area contributed by atoms with Gasteiger partial charge in [-0.05, 0) is 66.4 Å². The number of hydrazone groups is 1. The number of aliphatic hydroxyl groups excluding tert-OH is 1. The number of carbonyl (C=O) groups is 1. The third kappa shape index (κ3) is 4.60. The van der Waals surface area contributed by atoms with Crippen LogP contribution >= 0.6 is 0 Å². The smallest absolute Gasteiger partial charge is 0.265 e. The quantitative estimate of drug-likeness (QED) is 0.208. The topological polar surface area (TPSA) is 130 Å². The van der Waals surface area contributed by atoms with Crippen molar-refractivity contribution < 1.29 is 9.90 Å². The lowest BCUT2D eigenvalue weighted by Crippen LogP contribution is -2.19. The van der Waals surface area contributed by atoms with Crippen LogP contribution < -0.4 is 11.3 Å². The minimum Gasteiger partial charge on any atom is -0.394 e. The highest BCUT2D eigenvalue weighted by Crippen LogP contribution is 2.36. The number of aromatic amines is 1. The lowest BCUT2D eigenvalue weighted by molar-refractivity contribution is 0.100. The number of nitrogens with two attached hydrogens (primary N) is 1. The van der Waals surface area contributed by atoms with Crippen LogP contribution in [0.3, 0.4) is 0 Å². The zero-order chi connectivity index (χ0) is 27.7. The fourth-order valence-electron chi connectivity index (χ4n) is 4.86. The molecular formula is C30H28N6O3. The molecule has 9 heteroatoms. The molecule has 0 saturated carbocycles. The standard InChI is InChI=1S/C30H28N6O3/c1-18(16-35(32-3)13-14-37)26-15-24-21(11-12-23(29(31)38)28(24)34-26)20-8-6-10-27(19(20)2)36-17-33-25-9-5-4-7-22(25)30(36)39/h4-12,15-17,34,37H,3,13-14H2,1-2H3,(H2,31,38)/b18-16+. The summed E-state index contributed by atoms with van der Waals surface area (Å²) in [5.41, 5.74) is 12.1. The van der Waals surface area contributed by atoms with Gasteiger partial charge < -0.3 is 15.8 Å². The Morgan fingerprint density at radius 2 is 1.95 bits per heavy atom. The summed E-state index contributed by atoms with van der Waals surface area (Å²) in [6, 6.07) is 18.6. The number of aliphatic hydroxyl groups is 1. The van der Waals surface area contributed by atoms with E-state index >= 15 is 0 Å². The van der Waals surface area contributed by atoms with Crippen LogP contribution in [0.4, 0.5) is 0 Å². The first-order chi connectivity index (χ1) is 18.8. The second kappa shape index (κ2) is 10.4. The van der Waals surface area contributed by atoms with Crippen molar-refractivity contribution in [1.82, 2.24) is 19.5 Å². The van der Waals surface area contributed by atoms with Crippen molar-refractivity contribution in [2.24, 2.45) is 10.8 Å². The van der Waals surface area contributed by atoms with Gasteiger partial charge in [0.05, 0.1) is 40.8 Å². The van der Waals surface area contributed by atoms with Crippen LogP contribution in [0.25, 0.3) is 44.2 Å². The number of carbonyl (C=O) groups excluding carboxylic acids is 1. The highest BCUT2D eigenvalue weighted by Gasteiger charge is 2.18. The van der Waals surface area contributed by atoms with Crippen molar-refractivity contribution in [3.63, 3.8) is 0 Å². The van der Waals surface area contributed by atoms with Gasteiger partial charge in [0.15, 0.2) is 0 Å². The number of H-pyrrole nitrogens is 1. The molecule has 4 N–H and O–H groups in total. The molecule has 9 nitrogen and oxygen atoms in total. The molecule has 0 aliphatic heterocycles. The van der Waals surface area contributed by atoms with E-state index in [4.69, 9.17) is 5.73 Å². The van der Waals surface area contributed by atoms with Gasteiger partial charge in [0.25, 0.3) is 11.5 Å². The van der Waals surface area contributed by atoms with E-state index in [1.54, 1.807) is 34.2 Å². The van der Waals surface area contributed by atoms with Gasteiger partial charge in [-0.1, -0.05) is 30.3 Å². The first-order valence-electron chi connectivity index (χ1n) is 12.4. The molecule has 0 aliphatic carbocycles. The Labute approximate surface area is 224 Å². The number of nitrogens with zero attached hydrogens (tertiary/aromatic N) is 4. The van der Waals surface area contributed by atoms with Crippen LogP contribution in [0, 0.1) is 6.92 Å². The molecule has 2 heterocycles. The number of hydrogen-bond donors (Lipinski definition) is 3. The number of hydrogen-bond acceptors (Lipinski definition) is 6. The molecule has 0 aliphatic rings. The summed E-state index contributed by atoms with van der Waals surface area (Å²) in [6.45, 7) is 7.63. The van der Waals surface area contributed by atoms with E-state index in [-0.39, 0.29) is 12.2 Å². The zero-order valence-electron chi connectivity index (χ0n) is 21.7. The Hall–Kier alpha value is -5.02. The van der Waals surface area contributed by atoms with E-state index in [9.17, 15) is 14.7 Å². The SMILES string of the molecule is C=NN(/C=C(\C)c1cc2c(-c3cccc(-n4cnc5ccccc5c4=O)c3C)ccc(C(N)=O)c2[nH]1)CCO. The highest BCUT2D eigenvalue weighted by atomic mass is 16.3. The molecule has 0 saturated heterocycles. The van der Waals surface area contributed by atoms with E-state index in [1.807, 2.05) is 62.4 Å². The average molecular weight is 521 g/mol. The number of rotatable bonds is 8. The molecule has 1 amide bonds. The number of para-hydroxylation sites is 1. The van der Waals surface area contributed by atoms with Gasteiger partial charge in [0, 0.05) is 24.0 Å². The number of benzene rings is 3. The van der Waals surface area contributed by atoms with E-state index < -0.39 is 5.91 Å². The summed E-state index contributed by atoms with van der Waals surface area (Å²) in [5.74, 6) is -0.546. The van der Waals surface area contributed by atoms with Crippen molar-refractivity contribution in [1.29, 1.82) is 0 Å². The van der Waals surface area contributed by atoms with Crippen LogP contribution in [-0.2, 0) is 0 Å². The predicted molar refractivity (Wildman–Crippen MR) is 155 cm³/mol. The summed E-state index contributed by atoms with van der Waals surface area (Å²) in [4.78, 5) is 33.4. The van der Waals surface area contributed by atoms with Crippen LogP contribution in [0.2, 0.25) is 0 Å². The number of fused-ring (bicyclic) bond motifs is 2. The van der Waals surface area contributed by atoms with Crippen LogP contribution in [0.5, 0.6) is 0 Å². The maximum absolute atomic E-state index is 13.3. The first kappa shape index (κ1) is 25.6. The molecule has 0 bridgehead atoms. The molecule has 0 atom stereocenters. The molecule has 3 aromatic carbocycles. The fourth-order valence-corrected chi connectivity index (χ4v) is 4.86. The Kier molecular flexibility index (Phi) is 6.83.